The molecule has 0 aliphatic carbocycles. The van der Waals surface area contributed by atoms with Gasteiger partial charge in [0.15, 0.2) is 11.5 Å². The molecule has 1 fully saturated rings. The minimum atomic E-state index is -0.0400. The molecule has 1 aliphatic rings. The van der Waals surface area contributed by atoms with Crippen LogP contribution in [0.2, 0.25) is 0 Å². The van der Waals surface area contributed by atoms with Crippen molar-refractivity contribution in [2.24, 2.45) is 5.92 Å². The van der Waals surface area contributed by atoms with Crippen LogP contribution in [0.4, 0.5) is 11.5 Å². The summed E-state index contributed by atoms with van der Waals surface area (Å²) < 4.78 is 1.77. The summed E-state index contributed by atoms with van der Waals surface area (Å²) in [6.45, 7) is 6.37. The van der Waals surface area contributed by atoms with Gasteiger partial charge in [0, 0.05) is 31.6 Å². The lowest BCUT2D eigenvalue weighted by Gasteiger charge is -2.30. The van der Waals surface area contributed by atoms with Crippen molar-refractivity contribution in [1.82, 2.24) is 19.8 Å². The van der Waals surface area contributed by atoms with Gasteiger partial charge in [-0.1, -0.05) is 24.6 Å². The third-order valence-corrected chi connectivity index (χ3v) is 5.33. The highest BCUT2D eigenvalue weighted by molar-refractivity contribution is 5.90. The molecule has 1 N–H and O–H groups in total. The molecule has 1 aromatic carbocycles. The molecule has 146 valence electrons. The van der Waals surface area contributed by atoms with Crippen LogP contribution < -0.4 is 10.2 Å². The van der Waals surface area contributed by atoms with Crippen molar-refractivity contribution in [2.75, 3.05) is 23.3 Å². The number of carbonyl (C=O) groups excluding carboxylic acids is 1. The first-order chi connectivity index (χ1) is 13.6. The summed E-state index contributed by atoms with van der Waals surface area (Å²) >= 11 is 0. The van der Waals surface area contributed by atoms with E-state index in [0.29, 0.717) is 24.3 Å². The average Bonchev–Trinajstić information content (AvgIpc) is 3.11. The molecule has 2 aromatic heterocycles. The Hall–Kier alpha value is -2.96. The minimum Gasteiger partial charge on any atom is -0.355 e. The number of piperidine rings is 1. The van der Waals surface area contributed by atoms with E-state index in [4.69, 9.17) is 5.10 Å². The third kappa shape index (κ3) is 4.13. The van der Waals surface area contributed by atoms with Gasteiger partial charge in [-0.25, -0.2) is 0 Å². The quantitative estimate of drug-likeness (QED) is 0.738. The molecule has 0 saturated carbocycles. The van der Waals surface area contributed by atoms with Crippen LogP contribution in [0.1, 0.15) is 37.6 Å². The van der Waals surface area contributed by atoms with Crippen molar-refractivity contribution in [3.63, 3.8) is 0 Å². The van der Waals surface area contributed by atoms with Crippen LogP contribution in [0.25, 0.3) is 5.65 Å². The van der Waals surface area contributed by atoms with Crippen molar-refractivity contribution in [3.8, 4) is 0 Å². The smallest absolute Gasteiger partial charge is 0.224 e. The second-order valence-electron chi connectivity index (χ2n) is 7.66. The molecular weight excluding hydrogens is 352 g/mol. The SMILES string of the molecule is Cc1ccc(NC(=O)CCc2nnc3ccc(N4CCC(C)CC4)nn23)cc1. The lowest BCUT2D eigenvalue weighted by Crippen LogP contribution is -2.33. The van der Waals surface area contributed by atoms with E-state index in [9.17, 15) is 4.79 Å². The molecule has 0 radical (unpaired) electrons. The number of aryl methyl sites for hydroxylation is 2. The van der Waals surface area contributed by atoms with Crippen LogP contribution in [0.15, 0.2) is 36.4 Å². The van der Waals surface area contributed by atoms with Crippen molar-refractivity contribution >= 4 is 23.1 Å². The molecule has 0 atom stereocenters. The minimum absolute atomic E-state index is 0.0400. The lowest BCUT2D eigenvalue weighted by atomic mass is 9.99. The molecule has 4 rings (SSSR count). The van der Waals surface area contributed by atoms with E-state index in [1.54, 1.807) is 4.52 Å². The first-order valence-electron chi connectivity index (χ1n) is 9.91. The van der Waals surface area contributed by atoms with Crippen LogP contribution in [0.5, 0.6) is 0 Å². The van der Waals surface area contributed by atoms with Crippen LogP contribution in [0, 0.1) is 12.8 Å². The molecule has 1 aliphatic heterocycles. The van der Waals surface area contributed by atoms with Crippen LogP contribution in [-0.2, 0) is 11.2 Å². The summed E-state index contributed by atoms with van der Waals surface area (Å²) in [6, 6.07) is 11.7. The monoisotopic (exact) mass is 378 g/mol. The summed E-state index contributed by atoms with van der Waals surface area (Å²) in [4.78, 5) is 14.6. The highest BCUT2D eigenvalue weighted by atomic mass is 16.1. The second-order valence-corrected chi connectivity index (χ2v) is 7.66. The van der Waals surface area contributed by atoms with Gasteiger partial charge in [-0.2, -0.15) is 4.52 Å². The van der Waals surface area contributed by atoms with Gasteiger partial charge >= 0.3 is 0 Å². The zero-order valence-corrected chi connectivity index (χ0v) is 16.4. The maximum absolute atomic E-state index is 12.3. The lowest BCUT2D eigenvalue weighted by molar-refractivity contribution is -0.116. The molecule has 3 heterocycles. The van der Waals surface area contributed by atoms with Crippen molar-refractivity contribution in [3.05, 3.63) is 47.8 Å². The fourth-order valence-corrected chi connectivity index (χ4v) is 3.47. The Morgan fingerprint density at radius 2 is 1.86 bits per heavy atom. The molecular formula is C21H26N6O. The van der Waals surface area contributed by atoms with Gasteiger partial charge in [0.05, 0.1) is 0 Å². The number of nitrogens with zero attached hydrogens (tertiary/aromatic N) is 5. The first kappa shape index (κ1) is 18.4. The van der Waals surface area contributed by atoms with E-state index in [1.807, 2.05) is 43.3 Å². The molecule has 3 aromatic rings. The van der Waals surface area contributed by atoms with Gasteiger partial charge in [0.2, 0.25) is 5.91 Å². The van der Waals surface area contributed by atoms with Crippen LogP contribution in [-0.4, -0.2) is 38.8 Å². The van der Waals surface area contributed by atoms with Gasteiger partial charge in [0.1, 0.15) is 5.82 Å². The topological polar surface area (TPSA) is 75.4 Å². The van der Waals surface area contributed by atoms with Gasteiger partial charge in [-0.05, 0) is 49.9 Å². The molecule has 7 nitrogen and oxygen atoms in total. The van der Waals surface area contributed by atoms with E-state index >= 15 is 0 Å². The molecule has 0 bridgehead atoms. The zero-order chi connectivity index (χ0) is 19.5. The van der Waals surface area contributed by atoms with Gasteiger partial charge in [-0.3, -0.25) is 4.79 Å². The highest BCUT2D eigenvalue weighted by Crippen LogP contribution is 2.21. The largest absolute Gasteiger partial charge is 0.355 e. The molecule has 7 heteroatoms. The zero-order valence-electron chi connectivity index (χ0n) is 16.4. The Labute approximate surface area is 164 Å². The van der Waals surface area contributed by atoms with Crippen molar-refractivity contribution in [2.45, 2.75) is 39.5 Å². The molecule has 1 amide bonds. The van der Waals surface area contributed by atoms with E-state index < -0.39 is 0 Å². The number of hydrogen-bond acceptors (Lipinski definition) is 5. The fraction of sp³-hybridized carbons (Fsp3) is 0.429. The summed E-state index contributed by atoms with van der Waals surface area (Å²) in [6.07, 6.45) is 3.20. The number of anilines is 2. The number of aromatic nitrogens is 4. The Morgan fingerprint density at radius 3 is 2.61 bits per heavy atom. The summed E-state index contributed by atoms with van der Waals surface area (Å²) in [7, 11) is 0. The molecule has 0 spiro atoms. The van der Waals surface area contributed by atoms with Crippen molar-refractivity contribution in [1.29, 1.82) is 0 Å². The van der Waals surface area contributed by atoms with E-state index in [0.717, 1.165) is 36.1 Å². The summed E-state index contributed by atoms with van der Waals surface area (Å²) in [5.41, 5.74) is 2.68. The van der Waals surface area contributed by atoms with Crippen LogP contribution in [0.3, 0.4) is 0 Å². The fourth-order valence-electron chi connectivity index (χ4n) is 3.47. The molecule has 28 heavy (non-hydrogen) atoms. The summed E-state index contributed by atoms with van der Waals surface area (Å²) in [5, 5.41) is 16.1. The Bertz CT molecular complexity index is 957. The average molecular weight is 378 g/mol. The number of hydrogen-bond donors (Lipinski definition) is 1. The summed E-state index contributed by atoms with van der Waals surface area (Å²) in [5.74, 6) is 2.39. The number of benzene rings is 1. The number of fused-ring (bicyclic) bond motifs is 1. The molecule has 1 saturated heterocycles. The Morgan fingerprint density at radius 1 is 1.11 bits per heavy atom. The van der Waals surface area contributed by atoms with Gasteiger partial charge in [0.25, 0.3) is 0 Å². The number of rotatable bonds is 5. The Balaban J connectivity index is 1.42. The first-order valence-corrected chi connectivity index (χ1v) is 9.91. The third-order valence-electron chi connectivity index (χ3n) is 5.33. The second kappa shape index (κ2) is 7.96. The molecule has 0 unspecified atom stereocenters. The van der Waals surface area contributed by atoms with Gasteiger partial charge < -0.3 is 10.2 Å². The predicted molar refractivity (Wildman–Crippen MR) is 110 cm³/mol. The highest BCUT2D eigenvalue weighted by Gasteiger charge is 2.18. The Kier molecular flexibility index (Phi) is 5.23. The van der Waals surface area contributed by atoms with E-state index in [-0.39, 0.29) is 5.91 Å². The van der Waals surface area contributed by atoms with E-state index in [1.165, 1.54) is 12.8 Å². The van der Waals surface area contributed by atoms with Gasteiger partial charge in [-0.15, -0.1) is 15.3 Å². The van der Waals surface area contributed by atoms with Crippen LogP contribution >= 0.6 is 0 Å². The predicted octanol–water partition coefficient (Wildman–Crippen LogP) is 3.24. The number of amides is 1. The number of nitrogens with one attached hydrogen (secondary N) is 1. The normalized spacial score (nSPS) is 15.1. The standard InChI is InChI=1S/C21H26N6O/c1-15-3-5-17(6-4-15)22-21(28)10-9-19-24-23-18-7-8-20(25-27(18)19)26-13-11-16(2)12-14-26/h3-8,16H,9-14H2,1-2H3,(H,22,28). The maximum Gasteiger partial charge on any atom is 0.224 e. The van der Waals surface area contributed by atoms with Crippen molar-refractivity contribution < 1.29 is 4.79 Å². The maximum atomic E-state index is 12.3. The van der Waals surface area contributed by atoms with E-state index in [2.05, 4.69) is 27.3 Å². The number of carbonyl (C=O) groups is 1.